The van der Waals surface area contributed by atoms with Gasteiger partial charge in [-0.25, -0.2) is 0 Å². The zero-order chi connectivity index (χ0) is 16.8. The van der Waals surface area contributed by atoms with Crippen molar-refractivity contribution in [1.82, 2.24) is 4.98 Å². The molecular formula is C19H17BrN2O2. The highest BCUT2D eigenvalue weighted by Gasteiger charge is 2.40. The van der Waals surface area contributed by atoms with E-state index in [4.69, 9.17) is 0 Å². The van der Waals surface area contributed by atoms with Gasteiger partial charge in [0.2, 0.25) is 6.04 Å². The second-order valence-corrected chi connectivity index (χ2v) is 7.27. The first-order valence-corrected chi connectivity index (χ1v) is 8.84. The summed E-state index contributed by atoms with van der Waals surface area (Å²) in [6.07, 6.45) is 3.25. The monoisotopic (exact) mass is 384 g/mol. The van der Waals surface area contributed by atoms with Gasteiger partial charge in [0.15, 0.2) is 0 Å². The minimum Gasteiger partial charge on any atom is -0.361 e. The Morgan fingerprint density at radius 2 is 2.00 bits per heavy atom. The average Bonchev–Trinajstić information content (AvgIpc) is 2.99. The van der Waals surface area contributed by atoms with E-state index in [2.05, 4.69) is 40.0 Å². The molecule has 0 bridgehead atoms. The molecule has 0 aliphatic heterocycles. The molecule has 4 nitrogen and oxygen atoms in total. The van der Waals surface area contributed by atoms with Gasteiger partial charge >= 0.3 is 0 Å². The molecule has 1 N–H and O–H groups in total. The van der Waals surface area contributed by atoms with E-state index in [0.29, 0.717) is 6.42 Å². The molecule has 3 aromatic rings. The Labute approximate surface area is 148 Å². The van der Waals surface area contributed by atoms with Crippen molar-refractivity contribution in [3.63, 3.8) is 0 Å². The average molecular weight is 385 g/mol. The van der Waals surface area contributed by atoms with E-state index in [-0.39, 0.29) is 10.8 Å². The number of halogens is 1. The van der Waals surface area contributed by atoms with Crippen molar-refractivity contribution in [2.45, 2.75) is 31.7 Å². The van der Waals surface area contributed by atoms with Crippen molar-refractivity contribution in [3.8, 4) is 0 Å². The summed E-state index contributed by atoms with van der Waals surface area (Å²) in [6.45, 7) is 2.05. The molecule has 0 fully saturated rings. The molecule has 0 saturated carbocycles. The topological polar surface area (TPSA) is 58.9 Å². The van der Waals surface area contributed by atoms with Gasteiger partial charge in [0, 0.05) is 32.9 Å². The van der Waals surface area contributed by atoms with Gasteiger partial charge < -0.3 is 4.98 Å². The second-order valence-electron chi connectivity index (χ2n) is 6.42. The molecule has 24 heavy (non-hydrogen) atoms. The smallest absolute Gasteiger partial charge is 0.224 e. The maximum Gasteiger partial charge on any atom is 0.224 e. The first-order valence-electron chi connectivity index (χ1n) is 8.05. The maximum atomic E-state index is 11.7. The van der Waals surface area contributed by atoms with Crippen LogP contribution < -0.4 is 0 Å². The minimum atomic E-state index is -0.591. The largest absolute Gasteiger partial charge is 0.361 e. The molecule has 0 spiro atoms. The molecule has 122 valence electrons. The standard InChI is InChI=1S/C19H17BrN2O2/c1-11-4-2-6-14-15(10-21-19(11)14)18-13-5-3-7-16(20)12(13)8-9-17(18)22(23)24/h2-7,10,17-18,21H,8-9H2,1H3/t17-,18+/m0/s1. The summed E-state index contributed by atoms with van der Waals surface area (Å²) in [6, 6.07) is 11.6. The van der Waals surface area contributed by atoms with Gasteiger partial charge in [0.1, 0.15) is 0 Å². The quantitative estimate of drug-likeness (QED) is 0.501. The van der Waals surface area contributed by atoms with Crippen LogP contribution in [0.5, 0.6) is 0 Å². The van der Waals surface area contributed by atoms with Gasteiger partial charge in [0.05, 0.1) is 5.92 Å². The van der Waals surface area contributed by atoms with Gasteiger partial charge in [-0.15, -0.1) is 0 Å². The summed E-state index contributed by atoms with van der Waals surface area (Å²) in [5.74, 6) is -0.225. The lowest BCUT2D eigenvalue weighted by Crippen LogP contribution is -2.33. The molecule has 4 rings (SSSR count). The van der Waals surface area contributed by atoms with E-state index in [0.717, 1.165) is 38.5 Å². The summed E-state index contributed by atoms with van der Waals surface area (Å²) < 4.78 is 1.04. The molecule has 0 radical (unpaired) electrons. The van der Waals surface area contributed by atoms with Crippen LogP contribution in [-0.4, -0.2) is 15.9 Å². The molecule has 1 aromatic heterocycles. The highest BCUT2D eigenvalue weighted by Crippen LogP contribution is 2.43. The van der Waals surface area contributed by atoms with Gasteiger partial charge in [-0.2, -0.15) is 0 Å². The fraction of sp³-hybridized carbons (Fsp3) is 0.263. The Morgan fingerprint density at radius 3 is 2.79 bits per heavy atom. The van der Waals surface area contributed by atoms with Crippen LogP contribution in [0.25, 0.3) is 10.9 Å². The first-order chi connectivity index (χ1) is 11.6. The maximum absolute atomic E-state index is 11.7. The van der Waals surface area contributed by atoms with Crippen LogP contribution in [0.15, 0.2) is 47.1 Å². The van der Waals surface area contributed by atoms with Crippen molar-refractivity contribution in [2.24, 2.45) is 0 Å². The third kappa shape index (κ3) is 2.26. The molecule has 1 heterocycles. The van der Waals surface area contributed by atoms with E-state index in [1.54, 1.807) is 0 Å². The normalized spacial score (nSPS) is 20.1. The van der Waals surface area contributed by atoms with Crippen LogP contribution in [0.3, 0.4) is 0 Å². The third-order valence-electron chi connectivity index (χ3n) is 5.13. The summed E-state index contributed by atoms with van der Waals surface area (Å²) >= 11 is 3.61. The van der Waals surface area contributed by atoms with Crippen LogP contribution in [0.4, 0.5) is 0 Å². The van der Waals surface area contributed by atoms with Crippen molar-refractivity contribution in [3.05, 3.63) is 79.4 Å². The number of fused-ring (bicyclic) bond motifs is 2. The number of H-pyrrole nitrogens is 1. The number of benzene rings is 2. The lowest BCUT2D eigenvalue weighted by atomic mass is 9.75. The summed E-state index contributed by atoms with van der Waals surface area (Å²) in [7, 11) is 0. The Balaban J connectivity index is 1.97. The number of para-hydroxylation sites is 1. The number of hydrogen-bond acceptors (Lipinski definition) is 2. The van der Waals surface area contributed by atoms with E-state index < -0.39 is 6.04 Å². The number of rotatable bonds is 2. The molecule has 0 unspecified atom stereocenters. The minimum absolute atomic E-state index is 0.108. The Kier molecular flexibility index (Phi) is 3.68. The van der Waals surface area contributed by atoms with Crippen LogP contribution in [0.2, 0.25) is 0 Å². The Hall–Kier alpha value is -2.14. The van der Waals surface area contributed by atoms with Gasteiger partial charge in [-0.1, -0.05) is 46.3 Å². The zero-order valence-corrected chi connectivity index (χ0v) is 14.8. The van der Waals surface area contributed by atoms with E-state index in [1.807, 2.05) is 30.5 Å². The number of nitrogens with zero attached hydrogens (tertiary/aromatic N) is 1. The third-order valence-corrected chi connectivity index (χ3v) is 5.87. The zero-order valence-electron chi connectivity index (χ0n) is 13.3. The Bertz CT molecular complexity index is 948. The lowest BCUT2D eigenvalue weighted by Gasteiger charge is -2.29. The van der Waals surface area contributed by atoms with Gasteiger partial charge in [0.25, 0.3) is 0 Å². The van der Waals surface area contributed by atoms with Gasteiger partial charge in [-0.3, -0.25) is 10.1 Å². The molecule has 5 heteroatoms. The molecule has 0 saturated heterocycles. The second kappa shape index (κ2) is 5.74. The van der Waals surface area contributed by atoms with Crippen molar-refractivity contribution in [2.75, 3.05) is 0 Å². The van der Waals surface area contributed by atoms with Crippen molar-refractivity contribution >= 4 is 26.8 Å². The van der Waals surface area contributed by atoms with Crippen molar-refractivity contribution < 1.29 is 4.92 Å². The summed E-state index contributed by atoms with van der Waals surface area (Å²) in [5.41, 5.74) is 5.51. The van der Waals surface area contributed by atoms with Crippen LogP contribution in [-0.2, 0) is 6.42 Å². The van der Waals surface area contributed by atoms with Crippen LogP contribution in [0, 0.1) is 17.0 Å². The molecule has 1 aliphatic rings. The summed E-state index contributed by atoms with van der Waals surface area (Å²) in [5, 5.41) is 12.8. The van der Waals surface area contributed by atoms with E-state index in [1.165, 1.54) is 5.56 Å². The summed E-state index contributed by atoms with van der Waals surface area (Å²) in [4.78, 5) is 15.0. The highest BCUT2D eigenvalue weighted by molar-refractivity contribution is 9.10. The molecular weight excluding hydrogens is 368 g/mol. The fourth-order valence-electron chi connectivity index (χ4n) is 3.98. The Morgan fingerprint density at radius 1 is 1.21 bits per heavy atom. The van der Waals surface area contributed by atoms with E-state index >= 15 is 0 Å². The molecule has 2 aromatic carbocycles. The molecule has 2 atom stereocenters. The number of aryl methyl sites for hydroxylation is 1. The number of nitro groups is 1. The molecule has 0 amide bonds. The lowest BCUT2D eigenvalue weighted by molar-refractivity contribution is -0.526. The predicted octanol–water partition coefficient (Wildman–Crippen LogP) is 4.96. The fourth-order valence-corrected chi connectivity index (χ4v) is 4.56. The number of hydrogen-bond donors (Lipinski definition) is 1. The number of aromatic amines is 1. The first kappa shape index (κ1) is 15.4. The van der Waals surface area contributed by atoms with Crippen molar-refractivity contribution in [1.29, 1.82) is 0 Å². The van der Waals surface area contributed by atoms with Crippen LogP contribution >= 0.6 is 15.9 Å². The van der Waals surface area contributed by atoms with Gasteiger partial charge in [-0.05, 0) is 41.7 Å². The molecule has 1 aliphatic carbocycles. The highest BCUT2D eigenvalue weighted by atomic mass is 79.9. The number of nitrogens with one attached hydrogen (secondary N) is 1. The SMILES string of the molecule is Cc1cccc2c([C@H]3c4cccc(Br)c4CC[C@@H]3[N+](=O)[O-])c[nH]c12. The predicted molar refractivity (Wildman–Crippen MR) is 98.1 cm³/mol. The number of aromatic nitrogens is 1. The van der Waals surface area contributed by atoms with Crippen LogP contribution in [0.1, 0.15) is 34.6 Å². The van der Waals surface area contributed by atoms with E-state index in [9.17, 15) is 10.1 Å².